The van der Waals surface area contributed by atoms with Crippen molar-refractivity contribution in [2.24, 2.45) is 0 Å². The number of rotatable bonds is 1. The molecule has 0 rings (SSSR count). The van der Waals surface area contributed by atoms with E-state index in [2.05, 4.69) is 0 Å². The Balaban J connectivity index is 3.30. The van der Waals surface area contributed by atoms with Gasteiger partial charge in [0.15, 0.2) is 7.15 Å². The van der Waals surface area contributed by atoms with Gasteiger partial charge in [-0.15, -0.1) is 0 Å². The Hall–Kier alpha value is 0.260. The molecule has 0 radical (unpaired) electrons. The molecule has 0 aliphatic carbocycles. The molecule has 0 amide bonds. The summed E-state index contributed by atoms with van der Waals surface area (Å²) in [5.41, 5.74) is 0. The second kappa shape index (κ2) is 3.45. The molecule has 6 heavy (non-hydrogen) atoms. The third-order valence-electron chi connectivity index (χ3n) is 0.298. The van der Waals surface area contributed by atoms with Gasteiger partial charge in [-0.3, -0.25) is 0 Å². The second-order valence-electron chi connectivity index (χ2n) is 0.804. The summed E-state index contributed by atoms with van der Waals surface area (Å²) in [6.07, 6.45) is 1.67. The Labute approximate surface area is 42.6 Å². The van der Waals surface area contributed by atoms with Crippen LogP contribution in [0.25, 0.3) is 0 Å². The van der Waals surface area contributed by atoms with E-state index in [1.807, 2.05) is 0 Å². The minimum Gasteiger partial charge on any atom is -0.306 e. The fraction of sp³-hybridized carbons (Fsp3) is 0.333. The van der Waals surface area contributed by atoms with Crippen molar-refractivity contribution in [1.82, 2.24) is 0 Å². The zero-order chi connectivity index (χ0) is 4.99. The first-order chi connectivity index (χ1) is 2.77. The molecule has 0 saturated heterocycles. The molecule has 0 aromatic heterocycles. The summed E-state index contributed by atoms with van der Waals surface area (Å²) < 4.78 is 9.91. The van der Waals surface area contributed by atoms with Crippen molar-refractivity contribution in [1.29, 1.82) is 0 Å². The van der Waals surface area contributed by atoms with Gasteiger partial charge in [0.1, 0.15) is 0 Å². The van der Waals surface area contributed by atoms with Gasteiger partial charge in [0.2, 0.25) is 0 Å². The predicted octanol–water partition coefficient (Wildman–Crippen LogP) is 2.23. The van der Waals surface area contributed by atoms with E-state index in [0.717, 1.165) is 0 Å². The molecule has 0 saturated carbocycles. The maximum absolute atomic E-state index is 9.91. The maximum Gasteiger partial charge on any atom is 0.178 e. The highest BCUT2D eigenvalue weighted by molar-refractivity contribution is 7.76. The lowest BCUT2D eigenvalue weighted by molar-refractivity contribution is 0.600. The van der Waals surface area contributed by atoms with Crippen LogP contribution in [0.1, 0.15) is 6.92 Å². The monoisotopic (exact) mass is 124 g/mol. The van der Waals surface area contributed by atoms with Crippen molar-refractivity contribution in [2.45, 2.75) is 6.92 Å². The molecule has 0 aliphatic rings. The molecule has 1 nitrogen and oxygen atoms in total. The summed E-state index contributed by atoms with van der Waals surface area (Å²) in [6, 6.07) is 0. The highest BCUT2D eigenvalue weighted by Gasteiger charge is 1.73. The van der Waals surface area contributed by atoms with Gasteiger partial charge in [-0.2, -0.15) is 0 Å². The van der Waals surface area contributed by atoms with Gasteiger partial charge in [0.05, 0.1) is 0 Å². The van der Waals surface area contributed by atoms with Crippen molar-refractivity contribution in [3.63, 3.8) is 0 Å². The smallest absolute Gasteiger partial charge is 0.178 e. The lowest BCUT2D eigenvalue weighted by atomic mass is 10.8. The van der Waals surface area contributed by atoms with Crippen molar-refractivity contribution in [3.05, 3.63) is 11.9 Å². The van der Waals surface area contributed by atoms with Crippen LogP contribution in [0.15, 0.2) is 11.9 Å². The van der Waals surface area contributed by atoms with E-state index < -0.39 is 7.15 Å². The van der Waals surface area contributed by atoms with E-state index in [-0.39, 0.29) is 0 Å². The van der Waals surface area contributed by atoms with Crippen LogP contribution in [0.3, 0.4) is 0 Å². The van der Waals surface area contributed by atoms with Gasteiger partial charge in [0, 0.05) is 0 Å². The van der Waals surface area contributed by atoms with Crippen LogP contribution < -0.4 is 0 Å². The van der Waals surface area contributed by atoms with E-state index >= 15 is 0 Å². The fourth-order valence-corrected chi connectivity index (χ4v) is 0.771. The Morgan fingerprint density at radius 3 is 2.33 bits per heavy atom. The van der Waals surface area contributed by atoms with Gasteiger partial charge < -0.3 is 4.57 Å². The molecule has 0 bridgehead atoms. The molecule has 0 aliphatic heterocycles. The summed E-state index contributed by atoms with van der Waals surface area (Å²) in [5, 5.41) is 0. The first kappa shape index (κ1) is 6.26. The number of halogens is 1. The van der Waals surface area contributed by atoms with Crippen LogP contribution in [-0.2, 0) is 4.57 Å². The molecule has 1 unspecified atom stereocenters. The van der Waals surface area contributed by atoms with Crippen LogP contribution in [0, 0.1) is 0 Å². The molecular formula is C3H6ClOP. The van der Waals surface area contributed by atoms with Crippen molar-refractivity contribution in [2.75, 3.05) is 0 Å². The third kappa shape index (κ3) is 4.26. The summed E-state index contributed by atoms with van der Waals surface area (Å²) in [5.74, 6) is 1.48. The van der Waals surface area contributed by atoms with Crippen LogP contribution in [0.5, 0.6) is 0 Å². The quantitative estimate of drug-likeness (QED) is 0.490. The first-order valence-electron chi connectivity index (χ1n) is 1.59. The van der Waals surface area contributed by atoms with Gasteiger partial charge in [-0.05, 0) is 12.7 Å². The van der Waals surface area contributed by atoms with Crippen LogP contribution >= 0.6 is 18.4 Å². The van der Waals surface area contributed by atoms with Gasteiger partial charge >= 0.3 is 0 Å². The molecule has 0 heterocycles. The fourth-order valence-electron chi connectivity index (χ4n) is 0.131. The molecule has 0 aromatic rings. The summed E-state index contributed by atoms with van der Waals surface area (Å²) >= 11 is 5.04. The van der Waals surface area contributed by atoms with Crippen LogP contribution in [-0.4, -0.2) is 0 Å². The highest BCUT2D eigenvalue weighted by atomic mass is 35.7. The van der Waals surface area contributed by atoms with Crippen molar-refractivity contribution >= 4 is 18.4 Å². The van der Waals surface area contributed by atoms with E-state index in [1.165, 1.54) is 5.82 Å². The Kier molecular flexibility index (Phi) is 3.60. The summed E-state index contributed by atoms with van der Waals surface area (Å²) in [7, 11) is -1.84. The standard InChI is InChI=1S/C3H6ClOP/c1-2-3-6(4)5/h2-3,6H,1H3. The van der Waals surface area contributed by atoms with E-state index in [1.54, 1.807) is 13.0 Å². The molecular weight excluding hydrogens is 118 g/mol. The molecule has 0 fully saturated rings. The molecule has 1 atom stereocenters. The molecule has 3 heteroatoms. The Morgan fingerprint density at radius 2 is 2.33 bits per heavy atom. The lowest BCUT2D eigenvalue weighted by Crippen LogP contribution is -1.30. The minimum atomic E-state index is -1.84. The number of hydrogen-bond donors (Lipinski definition) is 0. The summed E-state index contributed by atoms with van der Waals surface area (Å²) in [4.78, 5) is 0. The van der Waals surface area contributed by atoms with Crippen LogP contribution in [0.2, 0.25) is 0 Å². The number of allylic oxidation sites excluding steroid dienone is 1. The van der Waals surface area contributed by atoms with E-state index in [9.17, 15) is 4.57 Å². The first-order valence-corrected chi connectivity index (χ1v) is 4.09. The normalized spacial score (nSPS) is 15.7. The topological polar surface area (TPSA) is 17.1 Å². The molecule has 0 N–H and O–H groups in total. The number of hydrogen-bond acceptors (Lipinski definition) is 1. The van der Waals surface area contributed by atoms with Gasteiger partial charge in [-0.25, -0.2) is 0 Å². The predicted molar refractivity (Wildman–Crippen MR) is 29.7 cm³/mol. The Morgan fingerprint density at radius 1 is 1.83 bits per heavy atom. The average Bonchev–Trinajstić information content (AvgIpc) is 1.35. The zero-order valence-corrected chi connectivity index (χ0v) is 5.20. The van der Waals surface area contributed by atoms with Gasteiger partial charge in [0.25, 0.3) is 0 Å². The van der Waals surface area contributed by atoms with Crippen molar-refractivity contribution in [3.8, 4) is 0 Å². The molecule has 36 valence electrons. The average molecular weight is 125 g/mol. The highest BCUT2D eigenvalue weighted by Crippen LogP contribution is 2.26. The minimum absolute atomic E-state index is 1.48. The molecule has 0 aromatic carbocycles. The second-order valence-corrected chi connectivity index (χ2v) is 2.86. The van der Waals surface area contributed by atoms with E-state index in [4.69, 9.17) is 11.2 Å². The lowest BCUT2D eigenvalue weighted by Gasteiger charge is -1.67. The molecule has 0 spiro atoms. The SMILES string of the molecule is CC=C[PH](=O)Cl. The largest absolute Gasteiger partial charge is 0.306 e. The maximum atomic E-state index is 9.91. The summed E-state index contributed by atoms with van der Waals surface area (Å²) in [6.45, 7) is 1.78. The zero-order valence-electron chi connectivity index (χ0n) is 3.44. The van der Waals surface area contributed by atoms with Gasteiger partial charge in [-0.1, -0.05) is 17.3 Å². The van der Waals surface area contributed by atoms with Crippen LogP contribution in [0.4, 0.5) is 0 Å². The van der Waals surface area contributed by atoms with Crippen molar-refractivity contribution < 1.29 is 4.57 Å². The third-order valence-corrected chi connectivity index (χ3v) is 1.27. The Bertz CT molecular complexity index is 78.9. The van der Waals surface area contributed by atoms with E-state index in [0.29, 0.717) is 0 Å².